The molecule has 0 bridgehead atoms. The average Bonchev–Trinajstić information content (AvgIpc) is 3.53. The summed E-state index contributed by atoms with van der Waals surface area (Å²) in [6.07, 6.45) is 0. The van der Waals surface area contributed by atoms with Gasteiger partial charge in [0, 0.05) is 0 Å². The molecule has 0 amide bonds. The molecule has 16 rings (SSSR count). The van der Waals surface area contributed by atoms with E-state index in [1.54, 1.807) is 0 Å². The molecule has 0 saturated heterocycles. The number of rotatable bonds is 4. The van der Waals surface area contributed by atoms with Crippen molar-refractivity contribution in [1.82, 2.24) is 0 Å². The lowest BCUT2D eigenvalue weighted by Gasteiger charge is -2.18. The molecule has 0 aliphatic heterocycles. The predicted octanol–water partition coefficient (Wildman–Crippen LogP) is 21.0. The van der Waals surface area contributed by atoms with Crippen LogP contribution in [0.3, 0.4) is 0 Å². The van der Waals surface area contributed by atoms with Crippen LogP contribution in [-0.4, -0.2) is 0 Å². The first-order valence-corrected chi connectivity index (χ1v) is 25.8. The van der Waals surface area contributed by atoms with Crippen LogP contribution in [0, 0.1) is 0 Å². The van der Waals surface area contributed by atoms with Crippen molar-refractivity contribution in [2.75, 3.05) is 0 Å². The van der Waals surface area contributed by atoms with Crippen LogP contribution >= 0.6 is 0 Å². The summed E-state index contributed by atoms with van der Waals surface area (Å²) in [7, 11) is 0. The summed E-state index contributed by atoms with van der Waals surface area (Å²) in [5, 5.41) is 28.1. The number of hydrogen-bond donors (Lipinski definition) is 0. The topological polar surface area (TPSA) is 0 Å². The Labute approximate surface area is 427 Å². The minimum absolute atomic E-state index is 1.22. The third kappa shape index (κ3) is 6.22. The van der Waals surface area contributed by atoms with Crippen molar-refractivity contribution in [1.29, 1.82) is 0 Å². The smallest absolute Gasteiger partial charge is 0.00139 e. The Balaban J connectivity index is 0.801. The van der Waals surface area contributed by atoms with Crippen molar-refractivity contribution < 1.29 is 0 Å². The van der Waals surface area contributed by atoms with Crippen LogP contribution in [0.5, 0.6) is 0 Å². The molecule has 16 aromatic carbocycles. The van der Waals surface area contributed by atoms with Gasteiger partial charge >= 0.3 is 0 Å². The molecule has 0 aliphatic carbocycles. The predicted molar refractivity (Wildman–Crippen MR) is 321 cm³/mol. The molecule has 0 heterocycles. The van der Waals surface area contributed by atoms with Crippen LogP contribution in [0.15, 0.2) is 267 Å². The van der Waals surface area contributed by atoms with E-state index < -0.39 is 0 Å². The van der Waals surface area contributed by atoms with Crippen LogP contribution in [0.25, 0.3) is 163 Å². The van der Waals surface area contributed by atoms with Gasteiger partial charge in [0.25, 0.3) is 0 Å². The van der Waals surface area contributed by atoms with Gasteiger partial charge < -0.3 is 0 Å². The van der Waals surface area contributed by atoms with E-state index in [0.29, 0.717) is 0 Å². The molecule has 0 saturated carbocycles. The standard InChI is InChI=1S/C74H44/c1-3-15-57-53(13-1)43-69(61-19-7-5-17-59(57)61)55-31-29-45-37-47(25-27-49(45)39-55)51-33-35-67-71(41-51)63-21-9-11-23-65(63)74-68-36-34-52(42-72(68)64-22-10-12-24-66(64)73(67)74)48-26-28-50-40-56(32-30-46(50)38-48)70-44-54-14-2-4-16-58(54)60-18-6-8-20-62(60)70/h1-44H. The molecule has 0 N–H and O–H groups in total. The summed E-state index contributed by atoms with van der Waals surface area (Å²) in [5.74, 6) is 0. The Hall–Kier alpha value is -9.62. The van der Waals surface area contributed by atoms with E-state index in [9.17, 15) is 0 Å². The van der Waals surface area contributed by atoms with Crippen molar-refractivity contribution in [3.63, 3.8) is 0 Å². The Morgan fingerprint density at radius 2 is 0.405 bits per heavy atom. The van der Waals surface area contributed by atoms with E-state index in [1.807, 2.05) is 0 Å². The fourth-order valence-corrected chi connectivity index (χ4v) is 12.8. The molecular weight excluding hydrogens is 889 g/mol. The summed E-state index contributed by atoms with van der Waals surface area (Å²) in [5.41, 5.74) is 9.89. The Morgan fingerprint density at radius 3 is 0.811 bits per heavy atom. The highest BCUT2D eigenvalue weighted by molar-refractivity contribution is 6.40. The SMILES string of the molecule is c1ccc2c(c1)cc(-c1ccc3cc(-c4ccc5c(c4)c4ccccc4c4c6ccc(-c7ccc8cc(-c9cc%10ccccc%10c%10ccccc9%10)ccc8c7)cc6c6ccccc6c54)ccc3c1)c1ccccc12. The molecule has 0 unspecified atom stereocenters. The van der Waals surface area contributed by atoms with Gasteiger partial charge in [-0.05, 0) is 212 Å². The second-order valence-electron chi connectivity index (χ2n) is 20.3. The molecule has 340 valence electrons. The van der Waals surface area contributed by atoms with Gasteiger partial charge in [0.2, 0.25) is 0 Å². The third-order valence-electron chi connectivity index (χ3n) is 16.3. The first-order valence-electron chi connectivity index (χ1n) is 25.8. The van der Waals surface area contributed by atoms with Gasteiger partial charge in [-0.15, -0.1) is 0 Å². The van der Waals surface area contributed by atoms with E-state index >= 15 is 0 Å². The summed E-state index contributed by atoms with van der Waals surface area (Å²) < 4.78 is 0. The van der Waals surface area contributed by atoms with Crippen molar-refractivity contribution in [3.05, 3.63) is 267 Å². The van der Waals surface area contributed by atoms with Gasteiger partial charge in [-0.25, -0.2) is 0 Å². The van der Waals surface area contributed by atoms with Crippen LogP contribution in [-0.2, 0) is 0 Å². The molecule has 0 nitrogen and oxygen atoms in total. The molecule has 0 aromatic heterocycles. The number of hydrogen-bond acceptors (Lipinski definition) is 0. The highest BCUT2D eigenvalue weighted by Crippen LogP contribution is 2.46. The van der Waals surface area contributed by atoms with Gasteiger partial charge in [-0.3, -0.25) is 0 Å². The zero-order chi connectivity index (χ0) is 48.4. The van der Waals surface area contributed by atoms with Crippen molar-refractivity contribution >= 4 is 118 Å². The first-order chi connectivity index (χ1) is 36.7. The van der Waals surface area contributed by atoms with Crippen LogP contribution in [0.4, 0.5) is 0 Å². The van der Waals surface area contributed by atoms with Crippen LogP contribution in [0.2, 0.25) is 0 Å². The molecule has 0 aliphatic rings. The second kappa shape index (κ2) is 15.9. The number of benzene rings is 16. The van der Waals surface area contributed by atoms with Gasteiger partial charge in [-0.1, -0.05) is 218 Å². The van der Waals surface area contributed by atoms with Crippen molar-refractivity contribution in [2.45, 2.75) is 0 Å². The highest BCUT2D eigenvalue weighted by atomic mass is 14.2. The molecule has 0 fully saturated rings. The van der Waals surface area contributed by atoms with Crippen molar-refractivity contribution in [3.8, 4) is 44.5 Å². The van der Waals surface area contributed by atoms with E-state index in [-0.39, 0.29) is 0 Å². The van der Waals surface area contributed by atoms with Crippen LogP contribution in [0.1, 0.15) is 0 Å². The Bertz CT molecular complexity index is 4750. The fraction of sp³-hybridized carbons (Fsp3) is 0. The zero-order valence-corrected chi connectivity index (χ0v) is 40.4. The minimum atomic E-state index is 1.22. The monoisotopic (exact) mass is 932 g/mol. The fourth-order valence-electron chi connectivity index (χ4n) is 12.8. The maximum Gasteiger partial charge on any atom is -0.00139 e. The molecule has 74 heavy (non-hydrogen) atoms. The zero-order valence-electron chi connectivity index (χ0n) is 40.4. The largest absolute Gasteiger partial charge is 0.0616 e. The maximum absolute atomic E-state index is 2.43. The second-order valence-corrected chi connectivity index (χ2v) is 20.3. The first kappa shape index (κ1) is 41.0. The lowest BCUT2D eigenvalue weighted by molar-refractivity contribution is 1.67. The highest BCUT2D eigenvalue weighted by Gasteiger charge is 2.18. The molecule has 0 atom stereocenters. The normalized spacial score (nSPS) is 12.1. The molecule has 0 heteroatoms. The lowest BCUT2D eigenvalue weighted by Crippen LogP contribution is -1.90. The quantitative estimate of drug-likeness (QED) is 0.154. The molecular formula is C74H44. The number of fused-ring (bicyclic) bond motifs is 19. The summed E-state index contributed by atoms with van der Waals surface area (Å²) in [6.45, 7) is 0. The summed E-state index contributed by atoms with van der Waals surface area (Å²) >= 11 is 0. The molecule has 16 aromatic rings. The van der Waals surface area contributed by atoms with Crippen molar-refractivity contribution in [2.24, 2.45) is 0 Å². The van der Waals surface area contributed by atoms with Gasteiger partial charge in [0.1, 0.15) is 0 Å². The maximum atomic E-state index is 2.43. The van der Waals surface area contributed by atoms with E-state index in [1.165, 1.54) is 163 Å². The van der Waals surface area contributed by atoms with Gasteiger partial charge in [0.05, 0.1) is 0 Å². The lowest BCUT2D eigenvalue weighted by atomic mass is 9.85. The Kier molecular flexibility index (Phi) is 8.84. The van der Waals surface area contributed by atoms with Crippen LogP contribution < -0.4 is 0 Å². The van der Waals surface area contributed by atoms with Gasteiger partial charge in [0.15, 0.2) is 0 Å². The van der Waals surface area contributed by atoms with E-state index in [2.05, 4.69) is 267 Å². The molecule has 0 radical (unpaired) electrons. The minimum Gasteiger partial charge on any atom is -0.0616 e. The molecule has 0 spiro atoms. The summed E-state index contributed by atoms with van der Waals surface area (Å²) in [4.78, 5) is 0. The van der Waals surface area contributed by atoms with E-state index in [0.717, 1.165) is 0 Å². The Morgan fingerprint density at radius 1 is 0.135 bits per heavy atom. The average molecular weight is 933 g/mol. The summed E-state index contributed by atoms with van der Waals surface area (Å²) in [6, 6.07) is 100. The van der Waals surface area contributed by atoms with E-state index in [4.69, 9.17) is 0 Å². The third-order valence-corrected chi connectivity index (χ3v) is 16.3. The van der Waals surface area contributed by atoms with Gasteiger partial charge in [-0.2, -0.15) is 0 Å².